The number of hydrogen-bond donors (Lipinski definition) is 4. The number of carbonyl (C=O) groups is 4. The number of amides is 3. The molecule has 2 rings (SSSR count). The van der Waals surface area contributed by atoms with E-state index in [9.17, 15) is 33.9 Å². The summed E-state index contributed by atoms with van der Waals surface area (Å²) in [6.07, 6.45) is 3.64. The van der Waals surface area contributed by atoms with Crippen LogP contribution < -0.4 is 15.4 Å². The molecule has 0 saturated heterocycles. The second kappa shape index (κ2) is 14.7. The molecule has 12 heteroatoms. The van der Waals surface area contributed by atoms with Crippen molar-refractivity contribution in [1.82, 2.24) is 15.7 Å². The fraction of sp³-hybridized carbons (Fsp3) is 0.462. The van der Waals surface area contributed by atoms with E-state index in [1.165, 1.54) is 18.2 Å². The fourth-order valence-electron chi connectivity index (χ4n) is 4.05. The van der Waals surface area contributed by atoms with Gasteiger partial charge in [0.15, 0.2) is 17.3 Å². The van der Waals surface area contributed by atoms with Crippen LogP contribution in [0.5, 0.6) is 5.75 Å². The highest BCUT2D eigenvalue weighted by atomic mass is 19.1. The Labute approximate surface area is 219 Å². The number of nitrogens with zero attached hydrogens (tertiary/aromatic N) is 1. The summed E-state index contributed by atoms with van der Waals surface area (Å²) in [5.74, 6) is -4.53. The van der Waals surface area contributed by atoms with Crippen molar-refractivity contribution in [3.8, 4) is 17.1 Å². The number of hydroxylamine groups is 2. The molecule has 0 unspecified atom stereocenters. The highest BCUT2D eigenvalue weighted by Crippen LogP contribution is 2.31. The molecule has 0 fully saturated rings. The summed E-state index contributed by atoms with van der Waals surface area (Å²) in [6.45, 7) is 5.27. The SMILES string of the molecule is CCCCC[C@@H](C(=O)NCNC(=O)c1ccc(-c2cc(OCC)c(F)c(C(=O)O)c2)o1)[C@@H](CC)N(O)C=O. The molecule has 0 aliphatic heterocycles. The van der Waals surface area contributed by atoms with Crippen molar-refractivity contribution in [3.63, 3.8) is 0 Å². The first-order valence-corrected chi connectivity index (χ1v) is 12.5. The second-order valence-corrected chi connectivity index (χ2v) is 8.52. The average molecular weight is 536 g/mol. The van der Waals surface area contributed by atoms with Crippen LogP contribution in [0.1, 0.15) is 73.8 Å². The van der Waals surface area contributed by atoms with Gasteiger partial charge in [-0.2, -0.15) is 0 Å². The topological polar surface area (TPSA) is 158 Å². The van der Waals surface area contributed by atoms with Crippen LogP contribution >= 0.6 is 0 Å². The van der Waals surface area contributed by atoms with Gasteiger partial charge in [0.05, 0.1) is 30.8 Å². The van der Waals surface area contributed by atoms with Crippen molar-refractivity contribution >= 4 is 24.2 Å². The predicted octanol–water partition coefficient (Wildman–Crippen LogP) is 3.81. The minimum absolute atomic E-state index is 0.112. The molecule has 1 aromatic carbocycles. The Bertz CT molecular complexity index is 1120. The molecule has 1 heterocycles. The number of furan rings is 1. The van der Waals surface area contributed by atoms with E-state index < -0.39 is 41.1 Å². The second-order valence-electron chi connectivity index (χ2n) is 8.52. The highest BCUT2D eigenvalue weighted by molar-refractivity contribution is 5.93. The number of ether oxygens (including phenoxy) is 1. The van der Waals surface area contributed by atoms with Crippen LogP contribution in [0.3, 0.4) is 0 Å². The Morgan fingerprint density at radius 1 is 1.16 bits per heavy atom. The Morgan fingerprint density at radius 3 is 2.50 bits per heavy atom. The molecule has 0 saturated carbocycles. The Kier molecular flexibility index (Phi) is 11.7. The van der Waals surface area contributed by atoms with Crippen molar-refractivity contribution in [1.29, 1.82) is 0 Å². The molecule has 3 amide bonds. The fourth-order valence-corrected chi connectivity index (χ4v) is 4.05. The van der Waals surface area contributed by atoms with Gasteiger partial charge in [0.1, 0.15) is 5.76 Å². The van der Waals surface area contributed by atoms with Gasteiger partial charge in [-0.15, -0.1) is 0 Å². The normalized spacial score (nSPS) is 12.3. The molecule has 4 N–H and O–H groups in total. The first-order valence-electron chi connectivity index (χ1n) is 12.5. The van der Waals surface area contributed by atoms with Crippen molar-refractivity contribution in [2.45, 2.75) is 58.9 Å². The predicted molar refractivity (Wildman–Crippen MR) is 134 cm³/mol. The van der Waals surface area contributed by atoms with Gasteiger partial charge in [0.2, 0.25) is 12.3 Å². The van der Waals surface area contributed by atoms with Gasteiger partial charge in [0.25, 0.3) is 5.91 Å². The molecule has 2 atom stereocenters. The van der Waals surface area contributed by atoms with Gasteiger partial charge < -0.3 is 24.9 Å². The monoisotopic (exact) mass is 535 g/mol. The van der Waals surface area contributed by atoms with Gasteiger partial charge in [-0.25, -0.2) is 14.2 Å². The zero-order valence-electron chi connectivity index (χ0n) is 21.7. The molecule has 0 radical (unpaired) electrons. The largest absolute Gasteiger partial charge is 0.491 e. The summed E-state index contributed by atoms with van der Waals surface area (Å²) in [7, 11) is 0. The van der Waals surface area contributed by atoms with Crippen LogP contribution in [0, 0.1) is 11.7 Å². The molecule has 0 aliphatic rings. The maximum atomic E-state index is 14.4. The molecule has 0 aliphatic carbocycles. The van der Waals surface area contributed by atoms with Gasteiger partial charge in [0, 0.05) is 5.56 Å². The summed E-state index contributed by atoms with van der Waals surface area (Å²) >= 11 is 0. The first-order chi connectivity index (χ1) is 18.2. The number of aromatic carboxylic acids is 1. The van der Waals surface area contributed by atoms with E-state index in [-0.39, 0.29) is 42.5 Å². The van der Waals surface area contributed by atoms with Crippen LogP contribution in [0.25, 0.3) is 11.3 Å². The molecule has 38 heavy (non-hydrogen) atoms. The third-order valence-electron chi connectivity index (χ3n) is 5.98. The third-order valence-corrected chi connectivity index (χ3v) is 5.98. The van der Waals surface area contributed by atoms with E-state index in [1.54, 1.807) is 13.8 Å². The van der Waals surface area contributed by atoms with E-state index in [1.807, 2.05) is 6.92 Å². The van der Waals surface area contributed by atoms with Crippen LogP contribution in [-0.4, -0.2) is 58.9 Å². The lowest BCUT2D eigenvalue weighted by Crippen LogP contribution is -2.47. The maximum Gasteiger partial charge on any atom is 0.338 e. The van der Waals surface area contributed by atoms with Crippen LogP contribution in [-0.2, 0) is 9.59 Å². The number of benzene rings is 1. The van der Waals surface area contributed by atoms with Gasteiger partial charge >= 0.3 is 5.97 Å². The minimum atomic E-state index is -1.48. The van der Waals surface area contributed by atoms with E-state index in [2.05, 4.69) is 10.6 Å². The lowest BCUT2D eigenvalue weighted by atomic mass is 9.90. The first kappa shape index (κ1) is 30.3. The number of halogens is 1. The van der Waals surface area contributed by atoms with Gasteiger partial charge in [-0.05, 0) is 44.0 Å². The molecule has 11 nitrogen and oxygen atoms in total. The molecule has 2 aromatic rings. The standard InChI is InChI=1S/C26H34FN3O8/c1-4-7-8-9-17(19(5-2)30(36)15-31)24(32)28-14-29-25(33)21-11-10-20(38-21)16-12-18(26(34)35)23(27)22(13-16)37-6-3/h10-13,15,17,19,36H,4-9,14H2,1-3H3,(H,28,32)(H,29,33)(H,34,35)/t17-,19-/m1/s1. The molecule has 0 bridgehead atoms. The zero-order valence-corrected chi connectivity index (χ0v) is 21.7. The van der Waals surface area contributed by atoms with E-state index in [4.69, 9.17) is 9.15 Å². The maximum absolute atomic E-state index is 14.4. The minimum Gasteiger partial charge on any atom is -0.491 e. The number of carbonyl (C=O) groups excluding carboxylic acids is 3. The number of carboxylic acids is 1. The lowest BCUT2D eigenvalue weighted by Gasteiger charge is -2.29. The summed E-state index contributed by atoms with van der Waals surface area (Å²) < 4.78 is 25.1. The quantitative estimate of drug-likeness (QED) is 0.0830. The number of carboxylic acid groups (broad SMARTS) is 1. The molecule has 0 spiro atoms. The van der Waals surface area contributed by atoms with Crippen molar-refractivity contribution < 1.29 is 43.0 Å². The Morgan fingerprint density at radius 2 is 1.89 bits per heavy atom. The van der Waals surface area contributed by atoms with Gasteiger partial charge in [-0.3, -0.25) is 19.6 Å². The van der Waals surface area contributed by atoms with Crippen molar-refractivity contribution in [2.75, 3.05) is 13.3 Å². The average Bonchev–Trinajstić information content (AvgIpc) is 3.39. The van der Waals surface area contributed by atoms with Crippen LogP contribution in [0.15, 0.2) is 28.7 Å². The van der Waals surface area contributed by atoms with Crippen LogP contribution in [0.4, 0.5) is 4.39 Å². The van der Waals surface area contributed by atoms with E-state index in [0.717, 1.165) is 25.3 Å². The summed E-state index contributed by atoms with van der Waals surface area (Å²) in [5, 5.41) is 24.8. The highest BCUT2D eigenvalue weighted by Gasteiger charge is 2.30. The Balaban J connectivity index is 2.09. The Hall–Kier alpha value is -3.93. The number of nitrogens with one attached hydrogen (secondary N) is 2. The van der Waals surface area contributed by atoms with Gasteiger partial charge in [-0.1, -0.05) is 33.1 Å². The zero-order chi connectivity index (χ0) is 28.2. The molecule has 1 aromatic heterocycles. The molecule has 208 valence electrons. The number of rotatable bonds is 16. The molecular formula is C26H34FN3O8. The van der Waals surface area contributed by atoms with E-state index >= 15 is 0 Å². The third kappa shape index (κ3) is 7.78. The van der Waals surface area contributed by atoms with Crippen molar-refractivity contribution in [2.24, 2.45) is 5.92 Å². The number of hydrogen-bond acceptors (Lipinski definition) is 7. The van der Waals surface area contributed by atoms with E-state index in [0.29, 0.717) is 17.9 Å². The lowest BCUT2D eigenvalue weighted by molar-refractivity contribution is -0.168. The summed E-state index contributed by atoms with van der Waals surface area (Å²) in [5.41, 5.74) is -0.408. The molecular weight excluding hydrogens is 501 g/mol. The summed E-state index contributed by atoms with van der Waals surface area (Å²) in [4.78, 5) is 47.9. The number of unbranched alkanes of at least 4 members (excludes halogenated alkanes) is 2. The summed E-state index contributed by atoms with van der Waals surface area (Å²) in [6, 6.07) is 4.42. The van der Waals surface area contributed by atoms with Crippen molar-refractivity contribution in [3.05, 3.63) is 41.4 Å². The van der Waals surface area contributed by atoms with Crippen LogP contribution in [0.2, 0.25) is 0 Å². The smallest absolute Gasteiger partial charge is 0.338 e.